The van der Waals surface area contributed by atoms with Crippen molar-refractivity contribution in [2.24, 2.45) is 0 Å². The van der Waals surface area contributed by atoms with Crippen LogP contribution in [-0.2, 0) is 4.74 Å². The highest BCUT2D eigenvalue weighted by molar-refractivity contribution is 9.10. The Morgan fingerprint density at radius 2 is 2.04 bits per heavy atom. The number of anilines is 1. The van der Waals surface area contributed by atoms with Gasteiger partial charge in [-0.15, -0.1) is 0 Å². The summed E-state index contributed by atoms with van der Waals surface area (Å²) in [5.74, 6) is 0. The molecule has 1 aliphatic carbocycles. The number of rotatable bonds is 3. The number of alkyl carbamates (subject to hydrolysis) is 1. The number of hydrogen-bond acceptors (Lipinski definition) is 4. The Labute approximate surface area is 145 Å². The SMILES string of the molecule is CC(C)(C)OC(=O)NC1CCC(Nc2ccc(C#N)cc2Br)C1. The summed E-state index contributed by atoms with van der Waals surface area (Å²) in [4.78, 5) is 11.8. The van der Waals surface area contributed by atoms with Crippen molar-refractivity contribution in [2.45, 2.75) is 57.7 Å². The molecule has 2 unspecified atom stereocenters. The van der Waals surface area contributed by atoms with E-state index in [1.165, 1.54) is 0 Å². The second-order valence-corrected chi connectivity index (χ2v) is 7.66. The van der Waals surface area contributed by atoms with E-state index in [1.807, 2.05) is 26.8 Å². The molecule has 1 aliphatic rings. The van der Waals surface area contributed by atoms with Crippen LogP contribution in [0.25, 0.3) is 0 Å². The highest BCUT2D eigenvalue weighted by atomic mass is 79.9. The van der Waals surface area contributed by atoms with E-state index in [2.05, 4.69) is 32.6 Å². The quantitative estimate of drug-likeness (QED) is 0.825. The number of nitriles is 1. The fourth-order valence-corrected chi connectivity index (χ4v) is 3.13. The van der Waals surface area contributed by atoms with E-state index in [9.17, 15) is 4.79 Å². The molecule has 2 rings (SSSR count). The lowest BCUT2D eigenvalue weighted by atomic mass is 10.2. The number of halogens is 1. The molecule has 5 nitrogen and oxygen atoms in total. The topological polar surface area (TPSA) is 74.2 Å². The summed E-state index contributed by atoms with van der Waals surface area (Å²) in [5, 5.41) is 15.3. The summed E-state index contributed by atoms with van der Waals surface area (Å²) in [6.07, 6.45) is 2.39. The number of amides is 1. The molecule has 1 fully saturated rings. The molecule has 2 N–H and O–H groups in total. The second-order valence-electron chi connectivity index (χ2n) is 6.80. The maximum Gasteiger partial charge on any atom is 0.407 e. The molecule has 124 valence electrons. The third-order valence-corrected chi connectivity index (χ3v) is 4.27. The molecule has 23 heavy (non-hydrogen) atoms. The zero-order valence-electron chi connectivity index (χ0n) is 13.6. The summed E-state index contributed by atoms with van der Waals surface area (Å²) in [6, 6.07) is 8.02. The van der Waals surface area contributed by atoms with Crippen LogP contribution in [-0.4, -0.2) is 23.8 Å². The molecule has 0 aliphatic heterocycles. The van der Waals surface area contributed by atoms with Crippen LogP contribution in [0, 0.1) is 11.3 Å². The molecule has 1 aromatic rings. The molecule has 0 heterocycles. The predicted octanol–water partition coefficient (Wildman–Crippen LogP) is 4.18. The van der Waals surface area contributed by atoms with Crippen LogP contribution in [0.2, 0.25) is 0 Å². The first-order valence-corrected chi connectivity index (χ1v) is 8.52. The Bertz CT molecular complexity index is 619. The van der Waals surface area contributed by atoms with Gasteiger partial charge >= 0.3 is 6.09 Å². The monoisotopic (exact) mass is 379 g/mol. The normalized spacial score (nSPS) is 20.7. The fourth-order valence-electron chi connectivity index (χ4n) is 2.64. The van der Waals surface area contributed by atoms with Crippen molar-refractivity contribution < 1.29 is 9.53 Å². The number of carbonyl (C=O) groups excluding carboxylic acids is 1. The highest BCUT2D eigenvalue weighted by Crippen LogP contribution is 2.28. The van der Waals surface area contributed by atoms with Crippen LogP contribution in [0.3, 0.4) is 0 Å². The molecule has 1 aromatic carbocycles. The number of nitrogens with zero attached hydrogens (tertiary/aromatic N) is 1. The van der Waals surface area contributed by atoms with Crippen molar-refractivity contribution in [3.8, 4) is 6.07 Å². The van der Waals surface area contributed by atoms with E-state index < -0.39 is 5.60 Å². The zero-order valence-corrected chi connectivity index (χ0v) is 15.2. The summed E-state index contributed by atoms with van der Waals surface area (Å²) < 4.78 is 6.16. The van der Waals surface area contributed by atoms with Crippen molar-refractivity contribution in [3.05, 3.63) is 28.2 Å². The number of hydrogen-bond donors (Lipinski definition) is 2. The molecule has 0 radical (unpaired) electrons. The lowest BCUT2D eigenvalue weighted by Crippen LogP contribution is -2.38. The van der Waals surface area contributed by atoms with E-state index in [1.54, 1.807) is 12.1 Å². The number of nitrogens with one attached hydrogen (secondary N) is 2. The molecule has 0 saturated heterocycles. The van der Waals surface area contributed by atoms with E-state index >= 15 is 0 Å². The summed E-state index contributed by atoms with van der Waals surface area (Å²) in [5.41, 5.74) is 1.11. The van der Waals surface area contributed by atoms with Gasteiger partial charge in [0.25, 0.3) is 0 Å². The Hall–Kier alpha value is -1.74. The third kappa shape index (κ3) is 5.43. The predicted molar refractivity (Wildman–Crippen MR) is 93.3 cm³/mol. The molecule has 1 amide bonds. The van der Waals surface area contributed by atoms with Crippen LogP contribution < -0.4 is 10.6 Å². The van der Waals surface area contributed by atoms with Crippen LogP contribution in [0.4, 0.5) is 10.5 Å². The number of benzene rings is 1. The van der Waals surface area contributed by atoms with Gasteiger partial charge < -0.3 is 15.4 Å². The standard InChI is InChI=1S/C17H22BrN3O2/c1-17(2,3)23-16(22)21-13-6-5-12(9-13)20-15-7-4-11(10-19)8-14(15)18/h4,7-8,12-13,20H,5-6,9H2,1-3H3,(H,21,22). The van der Waals surface area contributed by atoms with Crippen LogP contribution in [0.1, 0.15) is 45.6 Å². The van der Waals surface area contributed by atoms with Gasteiger partial charge in [-0.25, -0.2) is 4.79 Å². The fraction of sp³-hybridized carbons (Fsp3) is 0.529. The van der Waals surface area contributed by atoms with Gasteiger partial charge in [0, 0.05) is 22.2 Å². The van der Waals surface area contributed by atoms with E-state index in [0.29, 0.717) is 11.6 Å². The van der Waals surface area contributed by atoms with Crippen molar-refractivity contribution in [2.75, 3.05) is 5.32 Å². The van der Waals surface area contributed by atoms with Crippen LogP contribution >= 0.6 is 15.9 Å². The lowest BCUT2D eigenvalue weighted by molar-refractivity contribution is 0.0505. The van der Waals surface area contributed by atoms with Gasteiger partial charge in [0.1, 0.15) is 5.60 Å². The maximum absolute atomic E-state index is 11.8. The Morgan fingerprint density at radius 3 is 2.65 bits per heavy atom. The first kappa shape index (κ1) is 17.6. The van der Waals surface area contributed by atoms with Gasteiger partial charge in [0.15, 0.2) is 0 Å². The maximum atomic E-state index is 11.8. The first-order chi connectivity index (χ1) is 10.8. The zero-order chi connectivity index (χ0) is 17.0. The Balaban J connectivity index is 1.86. The van der Waals surface area contributed by atoms with Gasteiger partial charge in [-0.05, 0) is 74.2 Å². The van der Waals surface area contributed by atoms with E-state index in [0.717, 1.165) is 29.4 Å². The van der Waals surface area contributed by atoms with Crippen molar-refractivity contribution >= 4 is 27.7 Å². The molecule has 1 saturated carbocycles. The molecule has 2 atom stereocenters. The molecule has 6 heteroatoms. The smallest absolute Gasteiger partial charge is 0.407 e. The van der Waals surface area contributed by atoms with Crippen molar-refractivity contribution in [1.82, 2.24) is 5.32 Å². The van der Waals surface area contributed by atoms with Crippen LogP contribution in [0.15, 0.2) is 22.7 Å². The number of carbonyl (C=O) groups is 1. The van der Waals surface area contributed by atoms with Gasteiger partial charge in [0.05, 0.1) is 11.6 Å². The third-order valence-electron chi connectivity index (χ3n) is 3.61. The summed E-state index contributed by atoms with van der Waals surface area (Å²) in [6.45, 7) is 5.57. The minimum absolute atomic E-state index is 0.125. The molecular weight excluding hydrogens is 358 g/mol. The average Bonchev–Trinajstić information content (AvgIpc) is 2.86. The van der Waals surface area contributed by atoms with Crippen molar-refractivity contribution in [1.29, 1.82) is 5.26 Å². The van der Waals surface area contributed by atoms with Gasteiger partial charge in [-0.2, -0.15) is 5.26 Å². The molecular formula is C17H22BrN3O2. The van der Waals surface area contributed by atoms with Gasteiger partial charge in [-0.3, -0.25) is 0 Å². The Morgan fingerprint density at radius 1 is 1.35 bits per heavy atom. The number of ether oxygens (including phenoxy) is 1. The second kappa shape index (κ2) is 7.22. The molecule has 0 aromatic heterocycles. The minimum Gasteiger partial charge on any atom is -0.444 e. The summed E-state index contributed by atoms with van der Waals surface area (Å²) in [7, 11) is 0. The summed E-state index contributed by atoms with van der Waals surface area (Å²) >= 11 is 3.48. The average molecular weight is 380 g/mol. The first-order valence-electron chi connectivity index (χ1n) is 7.72. The lowest BCUT2D eigenvalue weighted by Gasteiger charge is -2.22. The Kier molecular flexibility index (Phi) is 5.53. The molecule has 0 bridgehead atoms. The molecule has 0 spiro atoms. The largest absolute Gasteiger partial charge is 0.444 e. The van der Waals surface area contributed by atoms with Gasteiger partial charge in [-0.1, -0.05) is 0 Å². The highest BCUT2D eigenvalue weighted by Gasteiger charge is 2.27. The van der Waals surface area contributed by atoms with Gasteiger partial charge in [0.2, 0.25) is 0 Å². The van der Waals surface area contributed by atoms with Crippen molar-refractivity contribution in [3.63, 3.8) is 0 Å². The van der Waals surface area contributed by atoms with Crippen LogP contribution in [0.5, 0.6) is 0 Å². The minimum atomic E-state index is -0.478. The van der Waals surface area contributed by atoms with E-state index in [4.69, 9.17) is 10.00 Å². The van der Waals surface area contributed by atoms with E-state index in [-0.39, 0.29) is 12.1 Å².